The molecule has 0 saturated heterocycles. The normalized spacial score (nSPS) is 15.6. The van der Waals surface area contributed by atoms with Gasteiger partial charge in [0.05, 0.1) is 25.3 Å². The third kappa shape index (κ3) is 6.28. The van der Waals surface area contributed by atoms with Crippen molar-refractivity contribution in [2.45, 2.75) is 45.1 Å². The lowest BCUT2D eigenvalue weighted by Crippen LogP contribution is -2.33. The van der Waals surface area contributed by atoms with Crippen LogP contribution in [0.15, 0.2) is 64.3 Å². The number of unbranched alkanes of at least 4 members (excludes halogenated alkanes) is 3. The van der Waals surface area contributed by atoms with Gasteiger partial charge < -0.3 is 28.8 Å². The average Bonchev–Trinajstić information content (AvgIpc) is 3.48. The SMILES string of the molecule is CCCCCCOc1ccc(C2C(C(=O)c3cc4cccc(OC)c4o3)=C(O)C(=O)N2CCCN(C)C)cc1. The van der Waals surface area contributed by atoms with Gasteiger partial charge in [0.1, 0.15) is 5.75 Å². The molecule has 1 aliphatic rings. The number of carbonyl (C=O) groups excluding carboxylic acids is 2. The molecule has 0 aliphatic carbocycles. The van der Waals surface area contributed by atoms with E-state index >= 15 is 0 Å². The van der Waals surface area contributed by atoms with Gasteiger partial charge in [0.15, 0.2) is 22.9 Å². The summed E-state index contributed by atoms with van der Waals surface area (Å²) in [4.78, 5) is 30.7. The first kappa shape index (κ1) is 28.2. The number of amides is 1. The van der Waals surface area contributed by atoms with Gasteiger partial charge in [-0.15, -0.1) is 0 Å². The maximum Gasteiger partial charge on any atom is 0.290 e. The summed E-state index contributed by atoms with van der Waals surface area (Å²) in [6.07, 6.45) is 5.16. The topological polar surface area (TPSA) is 92.4 Å². The number of rotatable bonds is 14. The van der Waals surface area contributed by atoms with Crippen molar-refractivity contribution in [3.8, 4) is 11.5 Å². The molecular weight excluding hydrogens is 496 g/mol. The number of hydrogen-bond acceptors (Lipinski definition) is 7. The number of aliphatic hydroxyl groups excluding tert-OH is 1. The van der Waals surface area contributed by atoms with Crippen LogP contribution in [0.3, 0.4) is 0 Å². The van der Waals surface area contributed by atoms with Crippen molar-refractivity contribution in [3.05, 3.63) is 71.2 Å². The number of para-hydroxylation sites is 1. The third-order valence-electron chi connectivity index (χ3n) is 6.97. The summed E-state index contributed by atoms with van der Waals surface area (Å²) >= 11 is 0. The van der Waals surface area contributed by atoms with Crippen LogP contribution in [0.4, 0.5) is 0 Å². The number of hydrogen-bond donors (Lipinski definition) is 1. The molecule has 1 aromatic heterocycles. The van der Waals surface area contributed by atoms with Crippen LogP contribution >= 0.6 is 0 Å². The second kappa shape index (κ2) is 12.8. The maximum atomic E-state index is 13.8. The minimum absolute atomic E-state index is 0.0103. The largest absolute Gasteiger partial charge is 0.503 e. The smallest absolute Gasteiger partial charge is 0.290 e. The zero-order valence-electron chi connectivity index (χ0n) is 23.2. The molecule has 8 nitrogen and oxygen atoms in total. The minimum Gasteiger partial charge on any atom is -0.503 e. The Morgan fingerprint density at radius 2 is 1.85 bits per heavy atom. The van der Waals surface area contributed by atoms with E-state index in [1.807, 2.05) is 55.4 Å². The third-order valence-corrected chi connectivity index (χ3v) is 6.97. The van der Waals surface area contributed by atoms with E-state index in [1.165, 1.54) is 20.0 Å². The number of carbonyl (C=O) groups is 2. The molecule has 2 aromatic carbocycles. The summed E-state index contributed by atoms with van der Waals surface area (Å²) in [6, 6.07) is 13.6. The molecule has 0 radical (unpaired) electrons. The van der Waals surface area contributed by atoms with Crippen LogP contribution in [0.5, 0.6) is 11.5 Å². The van der Waals surface area contributed by atoms with E-state index in [0.717, 1.165) is 25.1 Å². The van der Waals surface area contributed by atoms with E-state index < -0.39 is 23.5 Å². The molecule has 1 atom stereocenters. The zero-order valence-corrected chi connectivity index (χ0v) is 23.2. The van der Waals surface area contributed by atoms with Crippen LogP contribution in [-0.4, -0.2) is 67.5 Å². The Hall–Kier alpha value is -3.78. The summed E-state index contributed by atoms with van der Waals surface area (Å²) in [7, 11) is 5.46. The lowest BCUT2D eigenvalue weighted by atomic mass is 9.95. The van der Waals surface area contributed by atoms with Crippen LogP contribution in [0.2, 0.25) is 0 Å². The highest BCUT2D eigenvalue weighted by molar-refractivity contribution is 6.16. The van der Waals surface area contributed by atoms with Gasteiger partial charge in [-0.25, -0.2) is 0 Å². The number of methoxy groups -OCH3 is 1. The first-order valence-corrected chi connectivity index (χ1v) is 13.6. The highest BCUT2D eigenvalue weighted by Crippen LogP contribution is 2.40. The van der Waals surface area contributed by atoms with Crippen molar-refractivity contribution in [2.24, 2.45) is 0 Å². The van der Waals surface area contributed by atoms with Gasteiger partial charge in [-0.3, -0.25) is 9.59 Å². The van der Waals surface area contributed by atoms with E-state index in [0.29, 0.717) is 41.9 Å². The Kier molecular flexibility index (Phi) is 9.30. The second-order valence-corrected chi connectivity index (χ2v) is 10.1. The molecule has 208 valence electrons. The molecule has 1 unspecified atom stereocenters. The summed E-state index contributed by atoms with van der Waals surface area (Å²) in [5, 5.41) is 11.7. The molecule has 0 saturated carbocycles. The molecule has 1 amide bonds. The number of fused-ring (bicyclic) bond motifs is 1. The summed E-state index contributed by atoms with van der Waals surface area (Å²) in [6.45, 7) is 3.95. The van der Waals surface area contributed by atoms with Crippen molar-refractivity contribution in [2.75, 3.05) is 40.9 Å². The number of furan rings is 1. The van der Waals surface area contributed by atoms with Crippen LogP contribution in [0.25, 0.3) is 11.0 Å². The number of benzene rings is 2. The van der Waals surface area contributed by atoms with Crippen LogP contribution in [0.1, 0.15) is 61.2 Å². The predicted molar refractivity (Wildman–Crippen MR) is 150 cm³/mol. The number of ether oxygens (including phenoxy) is 2. The standard InChI is InChI=1S/C31H38N2O6/c1-5-6-7-8-19-38-23-15-13-21(14-16-23)27-26(29(35)31(36)33(27)18-10-17-32(2)3)28(34)25-20-22-11-9-12-24(37-4)30(22)39-25/h9,11-16,20,27,35H,5-8,10,17-19H2,1-4H3. The quantitative estimate of drug-likeness (QED) is 0.202. The Balaban J connectivity index is 1.64. The van der Waals surface area contributed by atoms with Crippen molar-refractivity contribution >= 4 is 22.7 Å². The number of aliphatic hydroxyl groups is 1. The molecule has 8 heteroatoms. The highest BCUT2D eigenvalue weighted by atomic mass is 16.5. The minimum atomic E-state index is -0.749. The molecule has 0 fully saturated rings. The molecule has 1 N–H and O–H groups in total. The van der Waals surface area contributed by atoms with Gasteiger partial charge in [-0.2, -0.15) is 0 Å². The fourth-order valence-corrected chi connectivity index (χ4v) is 4.93. The van der Waals surface area contributed by atoms with Crippen LogP contribution < -0.4 is 9.47 Å². The lowest BCUT2D eigenvalue weighted by Gasteiger charge is -2.27. The fourth-order valence-electron chi connectivity index (χ4n) is 4.93. The molecular formula is C31H38N2O6. The Labute approximate surface area is 229 Å². The average molecular weight is 535 g/mol. The number of Topliss-reactive ketones (excluding diaryl/α,β-unsaturated/α-hetero) is 1. The van der Waals surface area contributed by atoms with Gasteiger partial charge in [-0.05, 0) is 63.3 Å². The Morgan fingerprint density at radius 1 is 1.08 bits per heavy atom. The molecule has 0 spiro atoms. The lowest BCUT2D eigenvalue weighted by molar-refractivity contribution is -0.129. The van der Waals surface area contributed by atoms with E-state index in [9.17, 15) is 14.7 Å². The summed E-state index contributed by atoms with van der Waals surface area (Å²) in [5.41, 5.74) is 1.16. The van der Waals surface area contributed by atoms with Gasteiger partial charge in [0.25, 0.3) is 5.91 Å². The van der Waals surface area contributed by atoms with Crippen molar-refractivity contribution in [3.63, 3.8) is 0 Å². The number of ketones is 1. The monoisotopic (exact) mass is 534 g/mol. The first-order valence-electron chi connectivity index (χ1n) is 13.6. The van der Waals surface area contributed by atoms with Gasteiger partial charge in [0, 0.05) is 11.9 Å². The van der Waals surface area contributed by atoms with Crippen molar-refractivity contribution in [1.82, 2.24) is 9.80 Å². The summed E-state index contributed by atoms with van der Waals surface area (Å²) in [5.74, 6) is -0.374. The van der Waals surface area contributed by atoms with Gasteiger partial charge in [-0.1, -0.05) is 50.5 Å². The van der Waals surface area contributed by atoms with Crippen molar-refractivity contribution in [1.29, 1.82) is 0 Å². The van der Waals surface area contributed by atoms with E-state index in [2.05, 4.69) is 6.92 Å². The van der Waals surface area contributed by atoms with Gasteiger partial charge >= 0.3 is 0 Å². The Morgan fingerprint density at radius 3 is 2.54 bits per heavy atom. The molecule has 2 heterocycles. The van der Waals surface area contributed by atoms with E-state index in [4.69, 9.17) is 13.9 Å². The number of nitrogens with zero attached hydrogens (tertiary/aromatic N) is 2. The molecule has 4 rings (SSSR count). The van der Waals surface area contributed by atoms with Gasteiger partial charge in [0.2, 0.25) is 5.78 Å². The highest BCUT2D eigenvalue weighted by Gasteiger charge is 2.44. The molecule has 1 aliphatic heterocycles. The van der Waals surface area contributed by atoms with E-state index in [1.54, 1.807) is 17.0 Å². The molecule has 39 heavy (non-hydrogen) atoms. The van der Waals surface area contributed by atoms with Crippen molar-refractivity contribution < 1.29 is 28.6 Å². The zero-order chi connectivity index (χ0) is 27.9. The van der Waals surface area contributed by atoms with Crippen LogP contribution in [-0.2, 0) is 4.79 Å². The first-order chi connectivity index (χ1) is 18.8. The predicted octanol–water partition coefficient (Wildman–Crippen LogP) is 5.93. The summed E-state index contributed by atoms with van der Waals surface area (Å²) < 4.78 is 17.2. The fraction of sp³-hybridized carbons (Fsp3) is 0.419. The van der Waals surface area contributed by atoms with Crippen LogP contribution in [0, 0.1) is 0 Å². The second-order valence-electron chi connectivity index (χ2n) is 10.1. The molecule has 0 bridgehead atoms. The Bertz CT molecular complexity index is 1320. The maximum absolute atomic E-state index is 13.8. The molecule has 3 aromatic rings. The van der Waals surface area contributed by atoms with E-state index in [-0.39, 0.29) is 11.3 Å².